The van der Waals surface area contributed by atoms with Crippen LogP contribution in [-0.2, 0) is 4.74 Å². The van der Waals surface area contributed by atoms with Gasteiger partial charge in [-0.25, -0.2) is 0 Å². The predicted octanol–water partition coefficient (Wildman–Crippen LogP) is 2.79. The highest BCUT2D eigenvalue weighted by molar-refractivity contribution is 8.06. The molecule has 0 radical (unpaired) electrons. The number of hydrogen-bond acceptors (Lipinski definition) is 4. The molecule has 2 heterocycles. The van der Waals surface area contributed by atoms with Gasteiger partial charge in [0.05, 0.1) is 17.3 Å². The zero-order chi connectivity index (χ0) is 12.7. The second kappa shape index (κ2) is 4.95. The minimum Gasteiger partial charge on any atom is -0.392 e. The fourth-order valence-electron chi connectivity index (χ4n) is 3.10. The fraction of sp³-hybridized carbons (Fsp3) is 1.00. The van der Waals surface area contributed by atoms with Gasteiger partial charge in [-0.2, -0.15) is 23.5 Å². The van der Waals surface area contributed by atoms with Gasteiger partial charge in [0.1, 0.15) is 0 Å². The number of aliphatic hydroxyl groups excluding tert-OH is 1. The first-order valence-electron chi connectivity index (χ1n) is 6.39. The zero-order valence-electron chi connectivity index (χ0n) is 11.2. The van der Waals surface area contributed by atoms with Crippen LogP contribution in [0.2, 0.25) is 0 Å². The highest BCUT2D eigenvalue weighted by Crippen LogP contribution is 2.46. The fourth-order valence-corrected chi connectivity index (χ4v) is 5.91. The van der Waals surface area contributed by atoms with E-state index < -0.39 is 0 Å². The van der Waals surface area contributed by atoms with E-state index in [0.29, 0.717) is 5.25 Å². The maximum Gasteiger partial charge on any atom is 0.0723 e. The van der Waals surface area contributed by atoms with Crippen molar-refractivity contribution in [3.05, 3.63) is 0 Å². The highest BCUT2D eigenvalue weighted by Gasteiger charge is 2.50. The van der Waals surface area contributed by atoms with Gasteiger partial charge >= 0.3 is 0 Å². The Morgan fingerprint density at radius 1 is 1.24 bits per heavy atom. The Balaban J connectivity index is 2.05. The van der Waals surface area contributed by atoms with Crippen LogP contribution in [0, 0.1) is 5.92 Å². The molecule has 4 heteroatoms. The van der Waals surface area contributed by atoms with Gasteiger partial charge in [0.25, 0.3) is 0 Å². The third-order valence-electron chi connectivity index (χ3n) is 3.78. The van der Waals surface area contributed by atoms with Gasteiger partial charge in [-0.15, -0.1) is 0 Å². The summed E-state index contributed by atoms with van der Waals surface area (Å²) < 4.78 is 6.08. The van der Waals surface area contributed by atoms with Crippen molar-refractivity contribution >= 4 is 23.5 Å². The molecule has 0 bridgehead atoms. The van der Waals surface area contributed by atoms with Crippen LogP contribution in [0.4, 0.5) is 0 Å². The molecule has 2 aliphatic rings. The lowest BCUT2D eigenvalue weighted by Crippen LogP contribution is -2.43. The Morgan fingerprint density at radius 3 is 2.41 bits per heavy atom. The molecule has 0 aromatic heterocycles. The Morgan fingerprint density at radius 2 is 1.94 bits per heavy atom. The van der Waals surface area contributed by atoms with E-state index in [1.54, 1.807) is 0 Å². The number of aliphatic hydroxyl groups is 1. The maximum atomic E-state index is 10.6. The van der Waals surface area contributed by atoms with Crippen molar-refractivity contribution in [1.82, 2.24) is 0 Å². The van der Waals surface area contributed by atoms with Crippen LogP contribution in [-0.4, -0.2) is 44.9 Å². The van der Waals surface area contributed by atoms with Crippen LogP contribution in [0.5, 0.6) is 0 Å². The van der Waals surface area contributed by atoms with Crippen LogP contribution in [0.3, 0.4) is 0 Å². The van der Waals surface area contributed by atoms with Crippen LogP contribution in [0.1, 0.15) is 34.1 Å². The van der Waals surface area contributed by atoms with Gasteiger partial charge in [-0.1, -0.05) is 0 Å². The summed E-state index contributed by atoms with van der Waals surface area (Å²) in [4.78, 5) is 0. The van der Waals surface area contributed by atoms with Crippen LogP contribution >= 0.6 is 23.5 Å². The molecule has 0 amide bonds. The van der Waals surface area contributed by atoms with Gasteiger partial charge in [-0.05, 0) is 34.1 Å². The average molecular weight is 276 g/mol. The van der Waals surface area contributed by atoms with Crippen molar-refractivity contribution < 1.29 is 9.84 Å². The van der Waals surface area contributed by atoms with E-state index in [9.17, 15) is 5.11 Å². The second-order valence-electron chi connectivity index (χ2n) is 6.25. The van der Waals surface area contributed by atoms with Crippen molar-refractivity contribution in [3.8, 4) is 0 Å². The van der Waals surface area contributed by atoms with Crippen molar-refractivity contribution in [1.29, 1.82) is 0 Å². The average Bonchev–Trinajstić information content (AvgIpc) is 2.47. The molecule has 0 aromatic carbocycles. The van der Waals surface area contributed by atoms with Crippen molar-refractivity contribution in [2.75, 3.05) is 17.3 Å². The largest absolute Gasteiger partial charge is 0.392 e. The van der Waals surface area contributed by atoms with E-state index in [2.05, 4.69) is 27.7 Å². The first-order chi connectivity index (χ1) is 7.82. The molecular weight excluding hydrogens is 252 g/mol. The number of ether oxygens (including phenoxy) is 1. The Labute approximate surface area is 113 Å². The molecule has 3 unspecified atom stereocenters. The Bertz CT molecular complexity index is 273. The lowest BCUT2D eigenvalue weighted by Gasteiger charge is -2.35. The van der Waals surface area contributed by atoms with Crippen LogP contribution in [0.15, 0.2) is 0 Å². The molecule has 100 valence electrons. The topological polar surface area (TPSA) is 29.5 Å². The number of thioether (sulfide) groups is 2. The predicted molar refractivity (Wildman–Crippen MR) is 76.9 cm³/mol. The molecule has 3 atom stereocenters. The molecule has 2 nitrogen and oxygen atoms in total. The Kier molecular flexibility index (Phi) is 4.09. The molecule has 0 saturated carbocycles. The second-order valence-corrected chi connectivity index (χ2v) is 8.75. The molecule has 0 spiro atoms. The molecule has 0 aromatic rings. The summed E-state index contributed by atoms with van der Waals surface area (Å²) in [5, 5.41) is 11.0. The van der Waals surface area contributed by atoms with Gasteiger partial charge < -0.3 is 9.84 Å². The molecule has 2 rings (SSSR count). The normalized spacial score (nSPS) is 37.9. The third kappa shape index (κ3) is 3.14. The Hall–Kier alpha value is 0.620. The van der Waals surface area contributed by atoms with Crippen molar-refractivity contribution in [2.24, 2.45) is 5.92 Å². The highest BCUT2D eigenvalue weighted by atomic mass is 32.2. The lowest BCUT2D eigenvalue weighted by atomic mass is 9.82. The molecule has 2 fully saturated rings. The minimum absolute atomic E-state index is 0.0956. The lowest BCUT2D eigenvalue weighted by molar-refractivity contribution is -0.0870. The summed E-state index contributed by atoms with van der Waals surface area (Å²) in [7, 11) is 0. The van der Waals surface area contributed by atoms with Crippen LogP contribution in [0.25, 0.3) is 0 Å². The van der Waals surface area contributed by atoms with E-state index in [-0.39, 0.29) is 23.2 Å². The summed E-state index contributed by atoms with van der Waals surface area (Å²) in [6, 6.07) is 0. The maximum absolute atomic E-state index is 10.6. The van der Waals surface area contributed by atoms with Crippen molar-refractivity contribution in [2.45, 2.75) is 56.7 Å². The summed E-state index contributed by atoms with van der Waals surface area (Å²) in [5.41, 5.74) is -0.298. The quantitative estimate of drug-likeness (QED) is 0.840. The standard InChI is InChI=1S/C13H24O2S2/c1-12(2)7-9(13(3,4)15-12)11(14)10-8-16-5-6-17-10/h9-11,14H,5-8H2,1-4H3. The summed E-state index contributed by atoms with van der Waals surface area (Å²) in [6.45, 7) is 8.50. The zero-order valence-corrected chi connectivity index (χ0v) is 12.9. The molecule has 17 heavy (non-hydrogen) atoms. The summed E-state index contributed by atoms with van der Waals surface area (Å²) in [5.74, 6) is 3.74. The van der Waals surface area contributed by atoms with Gasteiger partial charge in [0.15, 0.2) is 0 Å². The molecule has 2 aliphatic heterocycles. The van der Waals surface area contributed by atoms with Gasteiger partial charge in [0, 0.05) is 28.4 Å². The number of rotatable bonds is 2. The van der Waals surface area contributed by atoms with Crippen LogP contribution < -0.4 is 0 Å². The van der Waals surface area contributed by atoms with E-state index in [4.69, 9.17) is 4.74 Å². The van der Waals surface area contributed by atoms with Gasteiger partial charge in [0.2, 0.25) is 0 Å². The number of hydrogen-bond donors (Lipinski definition) is 1. The monoisotopic (exact) mass is 276 g/mol. The molecule has 0 aliphatic carbocycles. The smallest absolute Gasteiger partial charge is 0.0723 e. The third-order valence-corrected chi connectivity index (χ3v) is 6.65. The first-order valence-corrected chi connectivity index (χ1v) is 8.60. The minimum atomic E-state index is -0.232. The first kappa shape index (κ1) is 14.0. The molecule has 2 saturated heterocycles. The van der Waals surface area contributed by atoms with E-state index in [0.717, 1.165) is 12.2 Å². The summed E-state index contributed by atoms with van der Waals surface area (Å²) >= 11 is 3.90. The van der Waals surface area contributed by atoms with E-state index in [1.807, 2.05) is 23.5 Å². The van der Waals surface area contributed by atoms with E-state index in [1.165, 1.54) is 11.5 Å². The molecule has 1 N–H and O–H groups in total. The van der Waals surface area contributed by atoms with Crippen molar-refractivity contribution in [3.63, 3.8) is 0 Å². The summed E-state index contributed by atoms with van der Waals surface area (Å²) in [6.07, 6.45) is 0.729. The van der Waals surface area contributed by atoms with Gasteiger partial charge in [-0.3, -0.25) is 0 Å². The SMILES string of the molecule is CC1(C)CC(C(O)C2CSCCS2)C(C)(C)O1. The van der Waals surface area contributed by atoms with E-state index >= 15 is 0 Å². The molecular formula is C13H24O2S2.